The number of rotatable bonds is 29. The molecule has 2 amide bonds. The lowest BCUT2D eigenvalue weighted by Crippen LogP contribution is -2.47. The Labute approximate surface area is 501 Å². The van der Waals surface area contributed by atoms with Crippen LogP contribution in [0.25, 0.3) is 0 Å². The first-order chi connectivity index (χ1) is 39.2. The summed E-state index contributed by atoms with van der Waals surface area (Å²) < 4.78 is 57.8. The molecule has 438 valence electrons. The summed E-state index contributed by atoms with van der Waals surface area (Å²) in [5.41, 5.74) is 3.75. The number of carbonyl (C=O) groups excluding carboxylic acids is 2. The molecule has 4 aromatic carbocycles. The molecule has 4 heterocycles. The van der Waals surface area contributed by atoms with Crippen LogP contribution in [0.5, 0.6) is 0 Å². The highest BCUT2D eigenvalue weighted by Crippen LogP contribution is 2.31. The fourth-order valence-corrected chi connectivity index (χ4v) is 16.7. The standard InChI is InChI=1S/C32H42ClN3O3S2.C31H40ClN3O3S2/c1-2-3-4-8-21-35(22-9-12-26-10-6-5-7-11-26)29-19-23-36(24-20-29)41(38,39)31-18-17-30(40-31)25-34-32(37)27-13-15-28(33)16-14-27;1-2-3-4-8-20-34(21-17-25-9-6-5-7-10-25)28-18-22-35(23-19-28)40(37,38)30-16-15-29(39-30)24-33-31(36)26-11-13-27(32)14-12-26/h5-7,10-11,13-18,29H,2-4,8-9,12,19-25H2,1H3,(H,34,37);5-7,9-16,28H,2-4,8,17-24H2,1H3,(H,33,36). The Bertz CT molecular complexity index is 3040. The molecule has 0 radical (unpaired) electrons. The predicted octanol–water partition coefficient (Wildman–Crippen LogP) is 13.6. The van der Waals surface area contributed by atoms with E-state index in [-0.39, 0.29) is 24.9 Å². The molecule has 0 unspecified atom stereocenters. The van der Waals surface area contributed by atoms with Gasteiger partial charge in [0.2, 0.25) is 0 Å². The molecule has 2 fully saturated rings. The third-order valence-electron chi connectivity index (χ3n) is 15.3. The number of thiophene rings is 2. The van der Waals surface area contributed by atoms with Crippen LogP contribution < -0.4 is 10.6 Å². The summed E-state index contributed by atoms with van der Waals surface area (Å²) in [4.78, 5) is 31.7. The SMILES string of the molecule is CCCCCCN(CCCc1ccccc1)C1CCN(S(=O)(=O)c2ccc(CNC(=O)c3ccc(Cl)cc3)s2)CC1.CCCCCCN(CCc1ccccc1)C1CCN(S(=O)(=O)c2ccc(CNC(=O)c3ccc(Cl)cc3)s2)CC1. The molecule has 0 bridgehead atoms. The van der Waals surface area contributed by atoms with Crippen molar-refractivity contribution in [3.63, 3.8) is 0 Å². The van der Waals surface area contributed by atoms with Crippen molar-refractivity contribution in [1.29, 1.82) is 0 Å². The van der Waals surface area contributed by atoms with E-state index >= 15 is 0 Å². The van der Waals surface area contributed by atoms with Gasteiger partial charge in [-0.25, -0.2) is 16.8 Å². The normalized spacial score (nSPS) is 14.9. The van der Waals surface area contributed by atoms with Gasteiger partial charge >= 0.3 is 0 Å². The maximum Gasteiger partial charge on any atom is 0.252 e. The molecule has 2 saturated heterocycles. The maximum atomic E-state index is 13.5. The first-order valence-corrected chi connectivity index (χ1v) is 34.3. The lowest BCUT2D eigenvalue weighted by atomic mass is 10.0. The number of amides is 2. The predicted molar refractivity (Wildman–Crippen MR) is 334 cm³/mol. The zero-order valence-corrected chi connectivity index (χ0v) is 51.9. The molecular weight excluding hydrogens is 1140 g/mol. The van der Waals surface area contributed by atoms with Crippen LogP contribution in [0, 0.1) is 0 Å². The number of unbranched alkanes of at least 4 members (excludes halogenated alkanes) is 6. The molecule has 2 aliphatic heterocycles. The van der Waals surface area contributed by atoms with Gasteiger partial charge in [0.1, 0.15) is 8.42 Å². The highest BCUT2D eigenvalue weighted by atomic mass is 35.5. The lowest BCUT2D eigenvalue weighted by molar-refractivity contribution is 0.0943. The van der Waals surface area contributed by atoms with Gasteiger partial charge in [-0.3, -0.25) is 14.5 Å². The number of hydrogen-bond acceptors (Lipinski definition) is 10. The molecule has 0 saturated carbocycles. The van der Waals surface area contributed by atoms with Crippen LogP contribution in [0.15, 0.2) is 142 Å². The number of halogens is 2. The number of carbonyl (C=O) groups is 2. The van der Waals surface area contributed by atoms with E-state index in [0.29, 0.717) is 67.9 Å². The van der Waals surface area contributed by atoms with Crippen molar-refractivity contribution in [2.75, 3.05) is 52.4 Å². The van der Waals surface area contributed by atoms with E-state index in [0.717, 1.165) is 80.9 Å². The third kappa shape index (κ3) is 20.1. The molecule has 2 N–H and O–H groups in total. The molecule has 2 aliphatic rings. The summed E-state index contributed by atoms with van der Waals surface area (Å²) in [6.07, 6.45) is 16.4. The van der Waals surface area contributed by atoms with Crippen LogP contribution >= 0.6 is 45.9 Å². The number of sulfonamides is 2. The number of aryl methyl sites for hydroxylation is 1. The van der Waals surface area contributed by atoms with E-state index in [1.807, 2.05) is 0 Å². The Morgan fingerprint density at radius 1 is 0.481 bits per heavy atom. The van der Waals surface area contributed by atoms with Gasteiger partial charge in [-0.1, -0.05) is 136 Å². The number of nitrogens with zero attached hydrogens (tertiary/aromatic N) is 4. The molecular formula is C63H82Cl2N6O6S4. The van der Waals surface area contributed by atoms with Crippen LogP contribution in [-0.4, -0.2) is 112 Å². The largest absolute Gasteiger partial charge is 0.347 e. The summed E-state index contributed by atoms with van der Waals surface area (Å²) in [5.74, 6) is -0.437. The second-order valence-electron chi connectivity index (χ2n) is 21.1. The summed E-state index contributed by atoms with van der Waals surface area (Å²) >= 11 is 14.3. The van der Waals surface area contributed by atoms with Gasteiger partial charge in [-0.15, -0.1) is 22.7 Å². The summed E-state index contributed by atoms with van der Waals surface area (Å²) in [5, 5.41) is 6.86. The molecule has 18 heteroatoms. The van der Waals surface area contributed by atoms with Gasteiger partial charge in [0, 0.05) is 75.7 Å². The van der Waals surface area contributed by atoms with E-state index in [4.69, 9.17) is 23.2 Å². The summed E-state index contributed by atoms with van der Waals surface area (Å²) in [6, 6.07) is 42.3. The van der Waals surface area contributed by atoms with Gasteiger partial charge in [0.05, 0.1) is 13.1 Å². The highest BCUT2D eigenvalue weighted by molar-refractivity contribution is 7.91. The van der Waals surface area contributed by atoms with Crippen molar-refractivity contribution in [2.45, 2.75) is 144 Å². The van der Waals surface area contributed by atoms with Crippen molar-refractivity contribution in [2.24, 2.45) is 0 Å². The molecule has 8 rings (SSSR count). The Balaban J connectivity index is 0.000000234. The quantitative estimate of drug-likeness (QED) is 0.0443. The minimum Gasteiger partial charge on any atom is -0.347 e. The molecule has 6 aromatic rings. The second-order valence-corrected chi connectivity index (χ2v) is 28.6. The summed E-state index contributed by atoms with van der Waals surface area (Å²) in [7, 11) is -7.12. The third-order valence-corrected chi connectivity index (χ3v) is 22.7. The Morgan fingerprint density at radius 3 is 1.27 bits per heavy atom. The van der Waals surface area contributed by atoms with Crippen molar-refractivity contribution < 1.29 is 26.4 Å². The van der Waals surface area contributed by atoms with E-state index < -0.39 is 20.0 Å². The molecule has 0 atom stereocenters. The van der Waals surface area contributed by atoms with E-state index in [1.165, 1.54) is 85.2 Å². The number of benzene rings is 4. The number of piperidine rings is 2. The smallest absolute Gasteiger partial charge is 0.252 e. The van der Waals surface area contributed by atoms with Crippen molar-refractivity contribution in [3.05, 3.63) is 176 Å². The number of nitrogens with one attached hydrogen (secondary N) is 2. The second kappa shape index (κ2) is 33.1. The van der Waals surface area contributed by atoms with Crippen LogP contribution in [0.3, 0.4) is 0 Å². The van der Waals surface area contributed by atoms with E-state index in [9.17, 15) is 26.4 Å². The fraction of sp³-hybridized carbons (Fsp3) is 0.460. The van der Waals surface area contributed by atoms with Crippen molar-refractivity contribution >= 4 is 77.7 Å². The summed E-state index contributed by atoms with van der Waals surface area (Å²) in [6.45, 7) is 11.4. The zero-order chi connectivity index (χ0) is 57.5. The minimum atomic E-state index is -3.56. The molecule has 12 nitrogen and oxygen atoms in total. The molecule has 81 heavy (non-hydrogen) atoms. The van der Waals surface area contributed by atoms with E-state index in [1.54, 1.807) is 81.4 Å². The Morgan fingerprint density at radius 2 is 0.864 bits per heavy atom. The van der Waals surface area contributed by atoms with Gasteiger partial charge in [0.25, 0.3) is 31.9 Å². The maximum absolute atomic E-state index is 13.5. The van der Waals surface area contributed by atoms with Gasteiger partial charge in [0.15, 0.2) is 0 Å². The molecule has 0 spiro atoms. The monoisotopic (exact) mass is 1220 g/mol. The topological polar surface area (TPSA) is 139 Å². The average molecular weight is 1220 g/mol. The van der Waals surface area contributed by atoms with Crippen LogP contribution in [0.1, 0.15) is 139 Å². The Kier molecular flexibility index (Phi) is 26.2. The van der Waals surface area contributed by atoms with Crippen molar-refractivity contribution in [3.8, 4) is 0 Å². The van der Waals surface area contributed by atoms with E-state index in [2.05, 4.69) is 94.9 Å². The first kappa shape index (κ1) is 64.1. The van der Waals surface area contributed by atoms with Crippen LogP contribution in [0.2, 0.25) is 10.0 Å². The lowest BCUT2D eigenvalue weighted by Gasteiger charge is -2.38. The number of hydrogen-bond donors (Lipinski definition) is 2. The molecule has 2 aromatic heterocycles. The van der Waals surface area contributed by atoms with Gasteiger partial charge in [-0.2, -0.15) is 8.61 Å². The highest BCUT2D eigenvalue weighted by Gasteiger charge is 2.34. The minimum absolute atomic E-state index is 0.218. The Hall–Kier alpha value is -4.46. The average Bonchev–Trinajstić information content (AvgIpc) is 4.43. The fourth-order valence-electron chi connectivity index (χ4n) is 10.6. The zero-order valence-electron chi connectivity index (χ0n) is 47.2. The first-order valence-electron chi connectivity index (χ1n) is 29.0. The van der Waals surface area contributed by atoms with Gasteiger partial charge in [-0.05, 0) is 161 Å². The molecule has 0 aliphatic carbocycles. The van der Waals surface area contributed by atoms with Crippen molar-refractivity contribution in [1.82, 2.24) is 29.0 Å². The van der Waals surface area contributed by atoms with Crippen LogP contribution in [-0.2, 0) is 46.0 Å². The van der Waals surface area contributed by atoms with Crippen LogP contribution in [0.4, 0.5) is 0 Å². The van der Waals surface area contributed by atoms with Gasteiger partial charge < -0.3 is 15.5 Å².